The Morgan fingerprint density at radius 3 is 2.27 bits per heavy atom. The number of imide groups is 1. The summed E-state index contributed by atoms with van der Waals surface area (Å²) in [6.45, 7) is 7.08. The van der Waals surface area contributed by atoms with Crippen molar-refractivity contribution in [3.8, 4) is 5.75 Å². The van der Waals surface area contributed by atoms with Crippen LogP contribution >= 0.6 is 0 Å². The fourth-order valence-corrected chi connectivity index (χ4v) is 1.77. The van der Waals surface area contributed by atoms with Crippen LogP contribution in [-0.4, -0.2) is 30.8 Å². The Labute approximate surface area is 131 Å². The minimum absolute atomic E-state index is 0.129. The molecule has 0 fully saturated rings. The molecular weight excluding hydrogens is 284 g/mol. The van der Waals surface area contributed by atoms with Gasteiger partial charge in [0.1, 0.15) is 11.4 Å². The molecule has 0 aliphatic carbocycles. The molecule has 0 aliphatic rings. The maximum absolute atomic E-state index is 11.8. The fourth-order valence-electron chi connectivity index (χ4n) is 1.77. The molecule has 2 N–H and O–H groups in total. The van der Waals surface area contributed by atoms with Gasteiger partial charge in [-0.3, -0.25) is 10.1 Å². The quantitative estimate of drug-likeness (QED) is 0.874. The summed E-state index contributed by atoms with van der Waals surface area (Å²) in [5.74, 6) is 0.378. The van der Waals surface area contributed by atoms with Crippen molar-refractivity contribution < 1.29 is 19.1 Å². The molecule has 1 aromatic rings. The third kappa shape index (κ3) is 6.97. The monoisotopic (exact) mass is 308 g/mol. The van der Waals surface area contributed by atoms with E-state index in [2.05, 4.69) is 10.6 Å². The number of methoxy groups -OCH3 is 1. The number of alkyl carbamates (subject to hydrolysis) is 1. The molecule has 0 radical (unpaired) electrons. The van der Waals surface area contributed by atoms with Gasteiger partial charge in [-0.15, -0.1) is 0 Å². The molecule has 6 nitrogen and oxygen atoms in total. The first-order valence-corrected chi connectivity index (χ1v) is 7.13. The largest absolute Gasteiger partial charge is 0.497 e. The molecular formula is C16H24N2O4. The number of carbonyl (C=O) groups is 2. The lowest BCUT2D eigenvalue weighted by Gasteiger charge is -2.20. The average molecular weight is 308 g/mol. The second-order valence-corrected chi connectivity index (χ2v) is 6.03. The third-order valence-electron chi connectivity index (χ3n) is 2.64. The molecule has 0 saturated carbocycles. The van der Waals surface area contributed by atoms with Crippen molar-refractivity contribution in [3.05, 3.63) is 24.3 Å². The first kappa shape index (κ1) is 17.8. The number of nitrogens with one attached hydrogen (secondary N) is 2. The Kier molecular flexibility index (Phi) is 6.22. The normalized spacial score (nSPS) is 12.2. The molecule has 122 valence electrons. The van der Waals surface area contributed by atoms with Gasteiger partial charge in [0.25, 0.3) is 0 Å². The number of ether oxygens (including phenoxy) is 2. The lowest BCUT2D eigenvalue weighted by Crippen LogP contribution is -2.38. The lowest BCUT2D eigenvalue weighted by molar-refractivity contribution is -0.120. The molecule has 1 rings (SSSR count). The zero-order chi connectivity index (χ0) is 16.8. The van der Waals surface area contributed by atoms with Gasteiger partial charge in [0.2, 0.25) is 5.91 Å². The number of rotatable bonds is 5. The summed E-state index contributed by atoms with van der Waals surface area (Å²) in [5, 5.41) is 5.39. The van der Waals surface area contributed by atoms with E-state index in [0.717, 1.165) is 11.4 Å². The van der Waals surface area contributed by atoms with Crippen LogP contribution in [0, 0.1) is 0 Å². The molecule has 1 aromatic carbocycles. The molecule has 0 saturated heterocycles. The van der Waals surface area contributed by atoms with Gasteiger partial charge in [-0.2, -0.15) is 0 Å². The maximum atomic E-state index is 11.8. The van der Waals surface area contributed by atoms with E-state index < -0.39 is 11.7 Å². The molecule has 1 unspecified atom stereocenters. The third-order valence-corrected chi connectivity index (χ3v) is 2.64. The fraction of sp³-hybridized carbons (Fsp3) is 0.500. The van der Waals surface area contributed by atoms with E-state index in [1.165, 1.54) is 0 Å². The van der Waals surface area contributed by atoms with E-state index in [0.29, 0.717) is 0 Å². The van der Waals surface area contributed by atoms with E-state index in [9.17, 15) is 9.59 Å². The first-order chi connectivity index (χ1) is 10.2. The van der Waals surface area contributed by atoms with Crippen molar-refractivity contribution in [2.45, 2.75) is 45.8 Å². The van der Waals surface area contributed by atoms with Gasteiger partial charge in [0.15, 0.2) is 0 Å². The Morgan fingerprint density at radius 1 is 1.18 bits per heavy atom. The van der Waals surface area contributed by atoms with E-state index in [4.69, 9.17) is 9.47 Å². The molecule has 0 spiro atoms. The highest BCUT2D eigenvalue weighted by Crippen LogP contribution is 2.16. The number of carbonyl (C=O) groups excluding carboxylic acids is 2. The lowest BCUT2D eigenvalue weighted by atomic mass is 10.2. The van der Waals surface area contributed by atoms with Crippen LogP contribution in [-0.2, 0) is 9.53 Å². The summed E-state index contributed by atoms with van der Waals surface area (Å²) in [6, 6.07) is 7.25. The second-order valence-electron chi connectivity index (χ2n) is 6.03. The van der Waals surface area contributed by atoms with Crippen molar-refractivity contribution in [1.29, 1.82) is 0 Å². The minimum Gasteiger partial charge on any atom is -0.497 e. The van der Waals surface area contributed by atoms with Crippen LogP contribution in [0.1, 0.15) is 34.1 Å². The molecule has 2 amide bonds. The van der Waals surface area contributed by atoms with Crippen molar-refractivity contribution >= 4 is 17.7 Å². The smallest absolute Gasteiger partial charge is 0.414 e. The maximum Gasteiger partial charge on any atom is 0.414 e. The molecule has 22 heavy (non-hydrogen) atoms. The SMILES string of the molecule is COc1ccc(NC(C)CC(=O)NC(=O)OC(C)(C)C)cc1. The molecule has 0 aromatic heterocycles. The van der Waals surface area contributed by atoms with E-state index in [1.807, 2.05) is 31.2 Å². The van der Waals surface area contributed by atoms with Gasteiger partial charge in [-0.1, -0.05) is 0 Å². The highest BCUT2D eigenvalue weighted by Gasteiger charge is 2.19. The van der Waals surface area contributed by atoms with Gasteiger partial charge in [0, 0.05) is 18.2 Å². The first-order valence-electron chi connectivity index (χ1n) is 7.13. The van der Waals surface area contributed by atoms with E-state index in [1.54, 1.807) is 27.9 Å². The van der Waals surface area contributed by atoms with Crippen LogP contribution in [0.15, 0.2) is 24.3 Å². The predicted octanol–water partition coefficient (Wildman–Crippen LogP) is 2.94. The number of anilines is 1. The van der Waals surface area contributed by atoms with Gasteiger partial charge in [0.05, 0.1) is 7.11 Å². The standard InChI is InChI=1S/C16H24N2O4/c1-11(17-12-6-8-13(21-5)9-7-12)10-14(19)18-15(20)22-16(2,3)4/h6-9,11,17H,10H2,1-5H3,(H,18,19,20). The van der Waals surface area contributed by atoms with Crippen molar-refractivity contribution in [3.63, 3.8) is 0 Å². The van der Waals surface area contributed by atoms with Crippen molar-refractivity contribution in [1.82, 2.24) is 5.32 Å². The Bertz CT molecular complexity index is 506. The van der Waals surface area contributed by atoms with Crippen LogP contribution in [0.4, 0.5) is 10.5 Å². The van der Waals surface area contributed by atoms with Crippen LogP contribution < -0.4 is 15.4 Å². The number of amides is 2. The summed E-state index contributed by atoms with van der Waals surface area (Å²) in [5.41, 5.74) is 0.246. The van der Waals surface area contributed by atoms with Crippen LogP contribution in [0.3, 0.4) is 0 Å². The number of benzene rings is 1. The van der Waals surface area contributed by atoms with Crippen LogP contribution in [0.2, 0.25) is 0 Å². The molecule has 6 heteroatoms. The van der Waals surface area contributed by atoms with E-state index in [-0.39, 0.29) is 18.4 Å². The zero-order valence-electron chi connectivity index (χ0n) is 13.7. The summed E-state index contributed by atoms with van der Waals surface area (Å²) in [6.07, 6.45) is -0.570. The molecule has 1 atom stereocenters. The average Bonchev–Trinajstić information content (AvgIpc) is 2.36. The van der Waals surface area contributed by atoms with Crippen LogP contribution in [0.25, 0.3) is 0 Å². The second kappa shape index (κ2) is 7.68. The van der Waals surface area contributed by atoms with Gasteiger partial charge in [-0.25, -0.2) is 4.79 Å². The summed E-state index contributed by atoms with van der Waals surface area (Å²) < 4.78 is 10.1. The Hall–Kier alpha value is -2.24. The topological polar surface area (TPSA) is 76.7 Å². The summed E-state index contributed by atoms with van der Waals surface area (Å²) in [7, 11) is 1.60. The van der Waals surface area contributed by atoms with Gasteiger partial charge < -0.3 is 14.8 Å². The zero-order valence-corrected chi connectivity index (χ0v) is 13.7. The van der Waals surface area contributed by atoms with Gasteiger partial charge in [-0.05, 0) is 52.0 Å². The Morgan fingerprint density at radius 2 is 1.77 bits per heavy atom. The number of hydrogen-bond donors (Lipinski definition) is 2. The van der Waals surface area contributed by atoms with Crippen molar-refractivity contribution in [2.75, 3.05) is 12.4 Å². The van der Waals surface area contributed by atoms with Gasteiger partial charge >= 0.3 is 6.09 Å². The Balaban J connectivity index is 2.41. The summed E-state index contributed by atoms with van der Waals surface area (Å²) >= 11 is 0. The van der Waals surface area contributed by atoms with Crippen molar-refractivity contribution in [2.24, 2.45) is 0 Å². The predicted molar refractivity (Wildman–Crippen MR) is 85.1 cm³/mol. The molecule has 0 bridgehead atoms. The summed E-state index contributed by atoms with van der Waals surface area (Å²) in [4.78, 5) is 23.3. The van der Waals surface area contributed by atoms with Crippen LogP contribution in [0.5, 0.6) is 5.75 Å². The molecule has 0 aliphatic heterocycles. The minimum atomic E-state index is -0.728. The molecule has 0 heterocycles. The highest BCUT2D eigenvalue weighted by molar-refractivity contribution is 5.92. The number of hydrogen-bond acceptors (Lipinski definition) is 5. The highest BCUT2D eigenvalue weighted by atomic mass is 16.6. The van der Waals surface area contributed by atoms with E-state index >= 15 is 0 Å².